The first-order valence-corrected chi connectivity index (χ1v) is 9.08. The zero-order chi connectivity index (χ0) is 15.6. The Morgan fingerprint density at radius 3 is 1.74 bits per heavy atom. The van der Waals surface area contributed by atoms with Gasteiger partial charge in [0.05, 0.1) is 6.04 Å². The van der Waals surface area contributed by atoms with E-state index in [1.807, 2.05) is 6.92 Å². The van der Waals surface area contributed by atoms with Crippen LogP contribution >= 0.6 is 15.2 Å². The molecular formula is C9H23NO7P2. The Kier molecular flexibility index (Phi) is 6.40. The molecule has 5 N–H and O–H groups in total. The number of aliphatic hydroxyl groups is 1. The summed E-state index contributed by atoms with van der Waals surface area (Å²) in [5.41, 5.74) is 0. The van der Waals surface area contributed by atoms with E-state index in [1.165, 1.54) is 18.9 Å². The molecule has 0 spiro atoms. The van der Waals surface area contributed by atoms with Crippen molar-refractivity contribution in [2.75, 3.05) is 7.05 Å². The van der Waals surface area contributed by atoms with Crippen molar-refractivity contribution in [2.24, 2.45) is 0 Å². The average Bonchev–Trinajstić information content (AvgIpc) is 2.23. The molecule has 0 aliphatic rings. The first-order valence-electron chi connectivity index (χ1n) is 5.86. The maximum Gasteiger partial charge on any atom is 0.371 e. The smallest absolute Gasteiger partial charge is 0.366 e. The van der Waals surface area contributed by atoms with Crippen LogP contribution in [0.15, 0.2) is 0 Å². The van der Waals surface area contributed by atoms with Gasteiger partial charge in [0.25, 0.3) is 5.08 Å². The molecule has 2 atom stereocenters. The van der Waals surface area contributed by atoms with Crippen molar-refractivity contribution >= 4 is 15.2 Å². The Morgan fingerprint density at radius 2 is 1.47 bits per heavy atom. The molecule has 0 aliphatic carbocycles. The van der Waals surface area contributed by atoms with Gasteiger partial charge in [-0.3, -0.25) is 14.0 Å². The van der Waals surface area contributed by atoms with E-state index in [0.717, 1.165) is 6.42 Å². The van der Waals surface area contributed by atoms with Crippen LogP contribution in [0.1, 0.15) is 33.6 Å². The van der Waals surface area contributed by atoms with Crippen molar-refractivity contribution in [2.45, 2.75) is 50.8 Å². The summed E-state index contributed by atoms with van der Waals surface area (Å²) >= 11 is 0. The summed E-state index contributed by atoms with van der Waals surface area (Å²) < 4.78 is 22.7. The average molecular weight is 319 g/mol. The minimum absolute atomic E-state index is 0.190. The zero-order valence-corrected chi connectivity index (χ0v) is 13.3. The topological polar surface area (TPSA) is 139 Å². The monoisotopic (exact) mass is 319 g/mol. The summed E-state index contributed by atoms with van der Waals surface area (Å²) in [4.78, 5) is 37.9. The van der Waals surface area contributed by atoms with Crippen LogP contribution in [0.3, 0.4) is 0 Å². The lowest BCUT2D eigenvalue weighted by atomic mass is 10.1. The SMILES string of the molecule is CCCC(C)N(C)C(C)C(O)(P(=O)(O)O)P(=O)(O)O. The lowest BCUT2D eigenvalue weighted by Gasteiger charge is -2.41. The van der Waals surface area contributed by atoms with Crippen LogP contribution in [-0.2, 0) is 9.13 Å². The summed E-state index contributed by atoms with van der Waals surface area (Å²) in [6.45, 7) is 4.84. The zero-order valence-electron chi connectivity index (χ0n) is 11.5. The molecule has 0 bridgehead atoms. The second-order valence-electron chi connectivity index (χ2n) is 4.75. The predicted molar refractivity (Wildman–Crippen MR) is 70.6 cm³/mol. The van der Waals surface area contributed by atoms with Crippen molar-refractivity contribution in [3.8, 4) is 0 Å². The molecule has 0 aromatic rings. The molecule has 0 amide bonds. The minimum atomic E-state index is -5.43. The van der Waals surface area contributed by atoms with Gasteiger partial charge in [0.15, 0.2) is 0 Å². The van der Waals surface area contributed by atoms with Gasteiger partial charge in [0.1, 0.15) is 0 Å². The molecule has 0 heterocycles. The summed E-state index contributed by atoms with van der Waals surface area (Å²) in [7, 11) is -9.39. The van der Waals surface area contributed by atoms with Gasteiger partial charge in [-0.15, -0.1) is 0 Å². The van der Waals surface area contributed by atoms with Gasteiger partial charge >= 0.3 is 15.2 Å². The van der Waals surface area contributed by atoms with Crippen LogP contribution in [0, 0.1) is 0 Å². The van der Waals surface area contributed by atoms with E-state index in [-0.39, 0.29) is 6.04 Å². The third-order valence-electron chi connectivity index (χ3n) is 3.43. The van der Waals surface area contributed by atoms with Gasteiger partial charge in [-0.05, 0) is 27.3 Å². The number of rotatable bonds is 7. The van der Waals surface area contributed by atoms with Crippen LogP contribution in [0.4, 0.5) is 0 Å². The van der Waals surface area contributed by atoms with Crippen molar-refractivity contribution in [1.82, 2.24) is 4.90 Å². The Balaban J connectivity index is 5.56. The Hall–Kier alpha value is 0.220. The maximum atomic E-state index is 11.4. The van der Waals surface area contributed by atoms with Crippen molar-refractivity contribution in [1.29, 1.82) is 0 Å². The normalized spacial score (nSPS) is 17.6. The Labute approximate surface area is 112 Å². The fraction of sp³-hybridized carbons (Fsp3) is 1.00. The Bertz CT molecular complexity index is 368. The summed E-state index contributed by atoms with van der Waals surface area (Å²) in [5, 5.41) is 6.57. The first kappa shape index (κ1) is 19.2. The standard InChI is InChI=1S/C9H23NO7P2/c1-5-6-7(2)10(4)8(3)9(11,18(12,13)14)19(15,16)17/h7-8,11H,5-6H2,1-4H3,(H2,12,13,14)(H2,15,16,17). The van der Waals surface area contributed by atoms with E-state index in [0.29, 0.717) is 6.42 Å². The molecule has 0 radical (unpaired) electrons. The van der Waals surface area contributed by atoms with E-state index >= 15 is 0 Å². The third kappa shape index (κ3) is 3.86. The van der Waals surface area contributed by atoms with Crippen molar-refractivity contribution < 1.29 is 33.8 Å². The van der Waals surface area contributed by atoms with Gasteiger partial charge in [-0.2, -0.15) is 0 Å². The maximum absolute atomic E-state index is 11.4. The number of likely N-dealkylation sites (N-methyl/N-ethyl adjacent to an activating group) is 1. The molecule has 2 unspecified atom stereocenters. The number of hydrogen-bond acceptors (Lipinski definition) is 4. The Morgan fingerprint density at radius 1 is 1.11 bits per heavy atom. The largest absolute Gasteiger partial charge is 0.371 e. The summed E-state index contributed by atoms with van der Waals surface area (Å²) in [6.07, 6.45) is 1.46. The third-order valence-corrected chi connectivity index (χ3v) is 7.46. The van der Waals surface area contributed by atoms with Gasteiger partial charge in [-0.25, -0.2) is 0 Å². The fourth-order valence-corrected chi connectivity index (χ4v) is 4.63. The lowest BCUT2D eigenvalue weighted by molar-refractivity contribution is 0.0362. The molecule has 0 aromatic heterocycles. The van der Waals surface area contributed by atoms with E-state index < -0.39 is 26.3 Å². The van der Waals surface area contributed by atoms with Gasteiger partial charge in [0, 0.05) is 6.04 Å². The summed E-state index contributed by atoms with van der Waals surface area (Å²) in [6, 6.07) is -1.60. The predicted octanol–water partition coefficient (Wildman–Crippen LogP) is 0.497. The molecule has 116 valence electrons. The molecule has 10 heteroatoms. The molecule has 0 saturated heterocycles. The quantitative estimate of drug-likeness (QED) is 0.427. The van der Waals surface area contributed by atoms with E-state index in [1.54, 1.807) is 6.92 Å². The highest BCUT2D eigenvalue weighted by Gasteiger charge is 2.64. The highest BCUT2D eigenvalue weighted by Crippen LogP contribution is 2.69. The van der Waals surface area contributed by atoms with Gasteiger partial charge < -0.3 is 24.7 Å². The molecule has 0 fully saturated rings. The van der Waals surface area contributed by atoms with Gasteiger partial charge in [-0.1, -0.05) is 13.3 Å². The van der Waals surface area contributed by atoms with Gasteiger partial charge in [0.2, 0.25) is 0 Å². The molecule has 0 saturated carbocycles. The summed E-state index contributed by atoms with van der Waals surface area (Å²) in [5.74, 6) is 0. The molecule has 19 heavy (non-hydrogen) atoms. The van der Waals surface area contributed by atoms with Crippen LogP contribution in [0.5, 0.6) is 0 Å². The highest BCUT2D eigenvalue weighted by atomic mass is 31.2. The van der Waals surface area contributed by atoms with E-state index in [4.69, 9.17) is 19.6 Å². The van der Waals surface area contributed by atoms with E-state index in [9.17, 15) is 14.2 Å². The molecule has 8 nitrogen and oxygen atoms in total. The van der Waals surface area contributed by atoms with Crippen LogP contribution in [0.25, 0.3) is 0 Å². The van der Waals surface area contributed by atoms with E-state index in [2.05, 4.69) is 0 Å². The lowest BCUT2D eigenvalue weighted by Crippen LogP contribution is -2.51. The second kappa shape index (κ2) is 6.33. The van der Waals surface area contributed by atoms with Crippen LogP contribution in [-0.4, -0.2) is 53.8 Å². The molecule has 0 aliphatic heterocycles. The van der Waals surface area contributed by atoms with Crippen molar-refractivity contribution in [3.63, 3.8) is 0 Å². The molecular weight excluding hydrogens is 296 g/mol. The molecule has 0 aromatic carbocycles. The highest BCUT2D eigenvalue weighted by molar-refractivity contribution is 7.72. The van der Waals surface area contributed by atoms with Crippen LogP contribution < -0.4 is 0 Å². The number of nitrogens with zero attached hydrogens (tertiary/aromatic N) is 1. The molecule has 0 rings (SSSR count). The number of hydrogen-bond donors (Lipinski definition) is 5. The minimum Gasteiger partial charge on any atom is -0.366 e. The first-order chi connectivity index (χ1) is 8.30. The van der Waals surface area contributed by atoms with Crippen LogP contribution in [0.2, 0.25) is 0 Å². The second-order valence-corrected chi connectivity index (χ2v) is 8.65. The van der Waals surface area contributed by atoms with Crippen molar-refractivity contribution in [3.05, 3.63) is 0 Å². The fourth-order valence-electron chi connectivity index (χ4n) is 1.93.